The number of amides is 2. The molecule has 1 fully saturated rings. The number of fused-ring (bicyclic) bond motifs is 2. The highest BCUT2D eigenvalue weighted by Gasteiger charge is 2.62. The first-order valence-electron chi connectivity index (χ1n) is 8.32. The lowest BCUT2D eigenvalue weighted by Gasteiger charge is -2.34. The van der Waals surface area contributed by atoms with Crippen LogP contribution in [0.1, 0.15) is 27.9 Å². The van der Waals surface area contributed by atoms with Gasteiger partial charge in [0.25, 0.3) is 5.91 Å². The zero-order valence-corrected chi connectivity index (χ0v) is 14.3. The number of alkyl halides is 1. The zero-order valence-electron chi connectivity index (χ0n) is 14.3. The summed E-state index contributed by atoms with van der Waals surface area (Å²) in [5.41, 5.74) is -0.569. The van der Waals surface area contributed by atoms with Crippen molar-refractivity contribution >= 4 is 17.8 Å². The SMILES string of the molecule is Cc1ccc2c(c1F)[C@]1(C[C@@H]1F)CN(CC(=O)Nc1ncc(F)cn1)C2=O. The maximum Gasteiger partial charge on any atom is 0.254 e. The molecule has 1 aliphatic carbocycles. The average Bonchev–Trinajstić information content (AvgIpc) is 3.26. The molecule has 2 heterocycles. The van der Waals surface area contributed by atoms with Gasteiger partial charge in [-0.2, -0.15) is 0 Å². The monoisotopic (exact) mass is 376 g/mol. The van der Waals surface area contributed by atoms with E-state index in [1.807, 2.05) is 0 Å². The Morgan fingerprint density at radius 3 is 2.63 bits per heavy atom. The zero-order chi connectivity index (χ0) is 19.3. The largest absolute Gasteiger partial charge is 0.328 e. The molecule has 1 aromatic heterocycles. The first-order chi connectivity index (χ1) is 12.8. The maximum atomic E-state index is 14.6. The molecule has 9 heteroatoms. The summed E-state index contributed by atoms with van der Waals surface area (Å²) >= 11 is 0. The highest BCUT2D eigenvalue weighted by Crippen LogP contribution is 2.55. The van der Waals surface area contributed by atoms with E-state index in [1.54, 1.807) is 6.92 Å². The minimum Gasteiger partial charge on any atom is -0.328 e. The van der Waals surface area contributed by atoms with E-state index in [0.29, 0.717) is 5.56 Å². The molecule has 6 nitrogen and oxygen atoms in total. The summed E-state index contributed by atoms with van der Waals surface area (Å²) in [4.78, 5) is 33.3. The van der Waals surface area contributed by atoms with Crippen LogP contribution in [0.5, 0.6) is 0 Å². The Morgan fingerprint density at radius 1 is 1.33 bits per heavy atom. The lowest BCUT2D eigenvalue weighted by Crippen LogP contribution is -2.48. The van der Waals surface area contributed by atoms with Gasteiger partial charge in [-0.05, 0) is 25.0 Å². The average molecular weight is 376 g/mol. The maximum absolute atomic E-state index is 14.6. The van der Waals surface area contributed by atoms with Gasteiger partial charge in [-0.15, -0.1) is 0 Å². The van der Waals surface area contributed by atoms with Crippen molar-refractivity contribution in [2.45, 2.75) is 24.9 Å². The predicted molar refractivity (Wildman–Crippen MR) is 88.9 cm³/mol. The summed E-state index contributed by atoms with van der Waals surface area (Å²) < 4.78 is 41.6. The van der Waals surface area contributed by atoms with E-state index in [9.17, 15) is 22.8 Å². The number of nitrogens with one attached hydrogen (secondary N) is 1. The highest BCUT2D eigenvalue weighted by atomic mass is 19.1. The van der Waals surface area contributed by atoms with E-state index in [0.717, 1.165) is 12.4 Å². The lowest BCUT2D eigenvalue weighted by molar-refractivity contribution is -0.117. The van der Waals surface area contributed by atoms with Crippen molar-refractivity contribution < 1.29 is 22.8 Å². The number of halogens is 3. The van der Waals surface area contributed by atoms with Crippen LogP contribution in [0.25, 0.3) is 0 Å². The fraction of sp³-hybridized carbons (Fsp3) is 0.333. The van der Waals surface area contributed by atoms with Gasteiger partial charge in [-0.25, -0.2) is 23.1 Å². The number of benzene rings is 1. The Kier molecular flexibility index (Phi) is 3.90. The summed E-state index contributed by atoms with van der Waals surface area (Å²) in [6, 6.07) is 2.93. The van der Waals surface area contributed by atoms with Crippen LogP contribution in [0.4, 0.5) is 19.1 Å². The van der Waals surface area contributed by atoms with Crippen molar-refractivity contribution in [2.75, 3.05) is 18.4 Å². The van der Waals surface area contributed by atoms with Crippen LogP contribution in [0.2, 0.25) is 0 Å². The van der Waals surface area contributed by atoms with E-state index >= 15 is 0 Å². The third-order valence-electron chi connectivity index (χ3n) is 5.01. The van der Waals surface area contributed by atoms with Gasteiger partial charge in [-0.3, -0.25) is 14.9 Å². The molecule has 1 aromatic carbocycles. The number of anilines is 1. The normalized spacial score (nSPS) is 23.3. The molecule has 0 saturated heterocycles. The molecule has 2 atom stereocenters. The summed E-state index contributed by atoms with van der Waals surface area (Å²) in [6.45, 7) is 1.10. The van der Waals surface area contributed by atoms with Crippen molar-refractivity contribution in [1.29, 1.82) is 0 Å². The van der Waals surface area contributed by atoms with Crippen LogP contribution in [-0.2, 0) is 10.2 Å². The second-order valence-corrected chi connectivity index (χ2v) is 6.88. The van der Waals surface area contributed by atoms with Gasteiger partial charge >= 0.3 is 0 Å². The minimum absolute atomic E-state index is 0.0790. The molecule has 1 spiro atoms. The molecule has 27 heavy (non-hydrogen) atoms. The van der Waals surface area contributed by atoms with Crippen LogP contribution >= 0.6 is 0 Å². The molecule has 0 radical (unpaired) electrons. The standard InChI is InChI=1S/C18H15F3N4O2/c1-9-2-3-11-14(15(9)21)18(4-12(18)20)8-25(16(11)27)7-13(26)24-17-22-5-10(19)6-23-17/h2-3,5-6,12H,4,7-8H2,1H3,(H,22,23,24,26)/t12-,18+/m0/s1. The fourth-order valence-corrected chi connectivity index (χ4v) is 3.53. The van der Waals surface area contributed by atoms with Gasteiger partial charge in [-0.1, -0.05) is 6.07 Å². The number of hydrogen-bond donors (Lipinski definition) is 1. The number of carbonyl (C=O) groups is 2. The molecule has 0 bridgehead atoms. The fourth-order valence-electron chi connectivity index (χ4n) is 3.53. The summed E-state index contributed by atoms with van der Waals surface area (Å²) in [5.74, 6) is -2.49. The van der Waals surface area contributed by atoms with Crippen molar-refractivity contribution in [3.8, 4) is 0 Å². The van der Waals surface area contributed by atoms with Crippen LogP contribution in [-0.4, -0.2) is 45.9 Å². The molecule has 4 rings (SSSR count). The highest BCUT2D eigenvalue weighted by molar-refractivity contribution is 6.01. The van der Waals surface area contributed by atoms with Crippen molar-refractivity contribution in [2.24, 2.45) is 0 Å². The van der Waals surface area contributed by atoms with Crippen LogP contribution in [0.15, 0.2) is 24.5 Å². The Morgan fingerprint density at radius 2 is 2.00 bits per heavy atom. The number of rotatable bonds is 3. The van der Waals surface area contributed by atoms with Crippen molar-refractivity contribution in [3.05, 3.63) is 52.9 Å². The molecule has 1 saturated carbocycles. The third kappa shape index (κ3) is 2.83. The Labute approximate surface area is 152 Å². The first-order valence-corrected chi connectivity index (χ1v) is 8.32. The molecule has 140 valence electrons. The van der Waals surface area contributed by atoms with Gasteiger partial charge < -0.3 is 4.90 Å². The second kappa shape index (κ2) is 6.04. The first kappa shape index (κ1) is 17.4. The van der Waals surface area contributed by atoms with Crippen molar-refractivity contribution in [1.82, 2.24) is 14.9 Å². The van der Waals surface area contributed by atoms with E-state index in [-0.39, 0.29) is 36.6 Å². The minimum atomic E-state index is -1.27. The Balaban J connectivity index is 1.58. The number of nitrogens with zero attached hydrogens (tertiary/aromatic N) is 3. The van der Waals surface area contributed by atoms with E-state index < -0.39 is 35.0 Å². The van der Waals surface area contributed by atoms with Crippen molar-refractivity contribution in [3.63, 3.8) is 0 Å². The van der Waals surface area contributed by atoms with Crippen LogP contribution in [0, 0.1) is 18.6 Å². The molecule has 2 amide bonds. The molecular formula is C18H15F3N4O2. The molecule has 1 N–H and O–H groups in total. The lowest BCUT2D eigenvalue weighted by atomic mass is 9.84. The Hall–Kier alpha value is -2.97. The predicted octanol–water partition coefficient (Wildman–Crippen LogP) is 2.14. The molecule has 1 aliphatic heterocycles. The number of hydrogen-bond acceptors (Lipinski definition) is 4. The molecular weight excluding hydrogens is 361 g/mol. The van der Waals surface area contributed by atoms with Gasteiger partial charge in [0, 0.05) is 17.7 Å². The number of carbonyl (C=O) groups excluding carboxylic acids is 2. The van der Waals surface area contributed by atoms with E-state index in [4.69, 9.17) is 0 Å². The topological polar surface area (TPSA) is 75.2 Å². The van der Waals surface area contributed by atoms with Crippen LogP contribution < -0.4 is 5.32 Å². The number of aromatic nitrogens is 2. The van der Waals surface area contributed by atoms with Gasteiger partial charge in [0.15, 0.2) is 5.82 Å². The molecule has 2 aliphatic rings. The number of aryl methyl sites for hydroxylation is 1. The summed E-state index contributed by atoms with van der Waals surface area (Å²) in [7, 11) is 0. The van der Waals surface area contributed by atoms with Gasteiger partial charge in [0.2, 0.25) is 11.9 Å². The summed E-state index contributed by atoms with van der Waals surface area (Å²) in [5, 5.41) is 2.35. The van der Waals surface area contributed by atoms with E-state index in [1.165, 1.54) is 17.0 Å². The Bertz CT molecular complexity index is 950. The van der Waals surface area contributed by atoms with Gasteiger partial charge in [0.1, 0.15) is 18.5 Å². The third-order valence-corrected chi connectivity index (χ3v) is 5.01. The molecule has 0 unspecified atom stereocenters. The van der Waals surface area contributed by atoms with E-state index in [2.05, 4.69) is 15.3 Å². The molecule has 2 aromatic rings. The summed E-state index contributed by atoms with van der Waals surface area (Å²) in [6.07, 6.45) is 0.616. The second-order valence-electron chi connectivity index (χ2n) is 6.88. The van der Waals surface area contributed by atoms with Crippen LogP contribution in [0.3, 0.4) is 0 Å². The quantitative estimate of drug-likeness (QED) is 0.891. The van der Waals surface area contributed by atoms with Gasteiger partial charge in [0.05, 0.1) is 17.8 Å². The smallest absolute Gasteiger partial charge is 0.254 e.